The molecule has 14 heavy (non-hydrogen) atoms. The molecule has 1 aromatic rings. The predicted octanol–water partition coefficient (Wildman–Crippen LogP) is 3.19. The molecule has 0 aliphatic heterocycles. The summed E-state index contributed by atoms with van der Waals surface area (Å²) in [6.07, 6.45) is -4.98. The number of rotatable bonds is 1. The first-order valence-corrected chi connectivity index (χ1v) is 4.03. The largest absolute Gasteiger partial charge is 0.573 e. The fourth-order valence-electron chi connectivity index (χ4n) is 0.735. The zero-order valence-corrected chi connectivity index (χ0v) is 7.99. The summed E-state index contributed by atoms with van der Waals surface area (Å²) in [4.78, 5) is 0. The molecule has 0 unspecified atom stereocenters. The van der Waals surface area contributed by atoms with Crippen LogP contribution in [0.2, 0.25) is 0 Å². The van der Waals surface area contributed by atoms with E-state index in [1.54, 1.807) is 0 Å². The molecule has 0 atom stereocenters. The average molecular weight is 275 g/mol. The summed E-state index contributed by atoms with van der Waals surface area (Å²) in [6, 6.07) is 1.80. The van der Waals surface area contributed by atoms with E-state index in [1.165, 1.54) is 0 Å². The van der Waals surface area contributed by atoms with Gasteiger partial charge in [-0.3, -0.25) is 0 Å². The smallest absolute Gasteiger partial charge is 0.502 e. The molecule has 78 valence electrons. The standard InChI is InChI=1S/C7H3BrF4O2/c8-3-1-2-4(9)5(13)6(3)14-7(10,11)12/h1-2,13H. The number of hydrogen-bond donors (Lipinski definition) is 1. The van der Waals surface area contributed by atoms with Crippen LogP contribution in [0, 0.1) is 5.82 Å². The van der Waals surface area contributed by atoms with Crippen molar-refractivity contribution in [1.82, 2.24) is 0 Å². The monoisotopic (exact) mass is 274 g/mol. The lowest BCUT2D eigenvalue weighted by Crippen LogP contribution is -2.17. The molecule has 1 aromatic carbocycles. The zero-order valence-electron chi connectivity index (χ0n) is 6.40. The van der Waals surface area contributed by atoms with Crippen molar-refractivity contribution in [2.24, 2.45) is 0 Å². The van der Waals surface area contributed by atoms with Crippen LogP contribution in [0.3, 0.4) is 0 Å². The molecule has 0 aromatic heterocycles. The van der Waals surface area contributed by atoms with Crippen LogP contribution in [0.5, 0.6) is 11.5 Å². The van der Waals surface area contributed by atoms with Gasteiger partial charge in [-0.25, -0.2) is 4.39 Å². The average Bonchev–Trinajstić information content (AvgIpc) is 2.04. The summed E-state index contributed by atoms with van der Waals surface area (Å²) >= 11 is 2.68. The number of alkyl halides is 3. The molecule has 0 bridgehead atoms. The van der Waals surface area contributed by atoms with E-state index in [4.69, 9.17) is 5.11 Å². The number of phenolic OH excluding ortho intramolecular Hbond substituents is 1. The minimum absolute atomic E-state index is 0.186. The quantitative estimate of drug-likeness (QED) is 0.797. The Morgan fingerprint density at radius 3 is 2.36 bits per heavy atom. The first-order chi connectivity index (χ1) is 6.31. The Kier molecular flexibility index (Phi) is 2.89. The van der Waals surface area contributed by atoms with Crippen molar-refractivity contribution in [1.29, 1.82) is 0 Å². The van der Waals surface area contributed by atoms with Crippen LogP contribution < -0.4 is 4.74 Å². The SMILES string of the molecule is Oc1c(F)ccc(Br)c1OC(F)(F)F. The van der Waals surface area contributed by atoms with E-state index < -0.39 is 23.7 Å². The Labute approximate surface area is 84.2 Å². The summed E-state index contributed by atoms with van der Waals surface area (Å²) in [5.74, 6) is -3.36. The van der Waals surface area contributed by atoms with Gasteiger partial charge in [0.2, 0.25) is 0 Å². The molecule has 0 aliphatic carbocycles. The molecule has 1 rings (SSSR count). The summed E-state index contributed by atoms with van der Waals surface area (Å²) in [6.45, 7) is 0. The van der Waals surface area contributed by atoms with Gasteiger partial charge in [-0.2, -0.15) is 0 Å². The maximum atomic E-state index is 12.6. The van der Waals surface area contributed by atoms with E-state index in [2.05, 4.69) is 20.7 Å². The molecule has 0 amide bonds. The second-order valence-corrected chi connectivity index (χ2v) is 3.11. The van der Waals surface area contributed by atoms with Gasteiger partial charge in [0, 0.05) is 0 Å². The lowest BCUT2D eigenvalue weighted by Gasteiger charge is -2.11. The normalized spacial score (nSPS) is 11.5. The van der Waals surface area contributed by atoms with Crippen molar-refractivity contribution < 1.29 is 27.4 Å². The molecular formula is C7H3BrF4O2. The van der Waals surface area contributed by atoms with Gasteiger partial charge in [-0.05, 0) is 28.1 Å². The zero-order chi connectivity index (χ0) is 10.9. The predicted molar refractivity (Wildman–Crippen MR) is 42.4 cm³/mol. The third-order valence-electron chi connectivity index (χ3n) is 1.25. The van der Waals surface area contributed by atoms with E-state index >= 15 is 0 Å². The Hall–Kier alpha value is -0.980. The van der Waals surface area contributed by atoms with Gasteiger partial charge in [0.1, 0.15) is 0 Å². The van der Waals surface area contributed by atoms with Gasteiger partial charge >= 0.3 is 6.36 Å². The van der Waals surface area contributed by atoms with Gasteiger partial charge < -0.3 is 9.84 Å². The van der Waals surface area contributed by atoms with Crippen LogP contribution in [-0.4, -0.2) is 11.5 Å². The highest BCUT2D eigenvalue weighted by atomic mass is 79.9. The first kappa shape index (κ1) is 11.1. The number of aromatic hydroxyl groups is 1. The fourth-order valence-corrected chi connectivity index (χ4v) is 1.14. The van der Waals surface area contributed by atoms with E-state index in [-0.39, 0.29) is 4.47 Å². The Balaban J connectivity index is 3.13. The van der Waals surface area contributed by atoms with Crippen molar-refractivity contribution >= 4 is 15.9 Å². The van der Waals surface area contributed by atoms with E-state index in [0.717, 1.165) is 12.1 Å². The lowest BCUT2D eigenvalue weighted by molar-refractivity contribution is -0.275. The maximum Gasteiger partial charge on any atom is 0.573 e. The number of hydrogen-bond acceptors (Lipinski definition) is 2. The lowest BCUT2D eigenvalue weighted by atomic mass is 10.3. The summed E-state index contributed by atoms with van der Waals surface area (Å²) in [5, 5.41) is 8.91. The molecule has 1 N–H and O–H groups in total. The van der Waals surface area contributed by atoms with Crippen molar-refractivity contribution in [2.45, 2.75) is 6.36 Å². The van der Waals surface area contributed by atoms with Gasteiger partial charge in [0.15, 0.2) is 17.3 Å². The summed E-state index contributed by atoms with van der Waals surface area (Å²) in [7, 11) is 0. The second-order valence-electron chi connectivity index (χ2n) is 2.25. The van der Waals surface area contributed by atoms with Crippen LogP contribution in [0.15, 0.2) is 16.6 Å². The van der Waals surface area contributed by atoms with Crippen LogP contribution in [0.1, 0.15) is 0 Å². The van der Waals surface area contributed by atoms with Crippen LogP contribution in [-0.2, 0) is 0 Å². The van der Waals surface area contributed by atoms with Crippen molar-refractivity contribution in [3.63, 3.8) is 0 Å². The van der Waals surface area contributed by atoms with Crippen molar-refractivity contribution in [3.8, 4) is 11.5 Å². The number of ether oxygens (including phenoxy) is 1. The molecule has 2 nitrogen and oxygen atoms in total. The molecule has 7 heteroatoms. The van der Waals surface area contributed by atoms with Crippen molar-refractivity contribution in [3.05, 3.63) is 22.4 Å². The van der Waals surface area contributed by atoms with Gasteiger partial charge in [-0.15, -0.1) is 13.2 Å². The minimum atomic E-state index is -4.98. The molecule has 0 saturated carbocycles. The molecular weight excluding hydrogens is 272 g/mol. The van der Waals surface area contributed by atoms with E-state index in [1.807, 2.05) is 0 Å². The third-order valence-corrected chi connectivity index (χ3v) is 1.88. The molecule has 0 spiro atoms. The fraction of sp³-hybridized carbons (Fsp3) is 0.143. The Morgan fingerprint density at radius 1 is 1.29 bits per heavy atom. The van der Waals surface area contributed by atoms with Gasteiger partial charge in [-0.1, -0.05) is 0 Å². The topological polar surface area (TPSA) is 29.5 Å². The molecule has 0 radical (unpaired) electrons. The van der Waals surface area contributed by atoms with Crippen LogP contribution >= 0.6 is 15.9 Å². The van der Waals surface area contributed by atoms with E-state index in [9.17, 15) is 17.6 Å². The minimum Gasteiger partial charge on any atom is -0.502 e. The molecule has 0 saturated heterocycles. The number of phenols is 1. The van der Waals surface area contributed by atoms with Crippen LogP contribution in [0.4, 0.5) is 17.6 Å². The summed E-state index contributed by atoms with van der Waals surface area (Å²) < 4.78 is 51.1. The second kappa shape index (κ2) is 3.64. The number of benzene rings is 1. The van der Waals surface area contributed by atoms with Gasteiger partial charge in [0.25, 0.3) is 0 Å². The molecule has 0 heterocycles. The van der Waals surface area contributed by atoms with Crippen LogP contribution in [0.25, 0.3) is 0 Å². The van der Waals surface area contributed by atoms with Gasteiger partial charge in [0.05, 0.1) is 4.47 Å². The highest BCUT2D eigenvalue weighted by molar-refractivity contribution is 9.10. The highest BCUT2D eigenvalue weighted by Crippen LogP contribution is 2.39. The number of halogens is 5. The highest BCUT2D eigenvalue weighted by Gasteiger charge is 2.33. The van der Waals surface area contributed by atoms with Crippen molar-refractivity contribution in [2.75, 3.05) is 0 Å². The Morgan fingerprint density at radius 2 is 1.86 bits per heavy atom. The van der Waals surface area contributed by atoms with E-state index in [0.29, 0.717) is 0 Å². The first-order valence-electron chi connectivity index (χ1n) is 3.24. The molecule has 0 aliphatic rings. The summed E-state index contributed by atoms with van der Waals surface area (Å²) in [5.41, 5.74) is 0. The molecule has 0 fully saturated rings. The maximum absolute atomic E-state index is 12.6. The third kappa shape index (κ3) is 2.50. The Bertz CT molecular complexity index is 350.